The summed E-state index contributed by atoms with van der Waals surface area (Å²) < 4.78 is 0. The summed E-state index contributed by atoms with van der Waals surface area (Å²) in [5.74, 6) is -0.483. The molecule has 1 heterocycles. The number of rotatable bonds is 7. The molecule has 8 nitrogen and oxygen atoms in total. The molecule has 0 saturated carbocycles. The first kappa shape index (κ1) is 20.7. The number of nitrogens with two attached hydrogens (primary N) is 1. The molecule has 0 spiro atoms. The molecule has 0 aliphatic carbocycles. The summed E-state index contributed by atoms with van der Waals surface area (Å²) in [5, 5.41) is 8.37. The maximum atomic E-state index is 12.1. The number of carbonyl (C=O) groups excluding carboxylic acids is 3. The molecule has 1 fully saturated rings. The lowest BCUT2D eigenvalue weighted by Gasteiger charge is -2.31. The molecule has 1 saturated heterocycles. The highest BCUT2D eigenvalue weighted by molar-refractivity contribution is 5.96. The number of urea groups is 1. The van der Waals surface area contributed by atoms with E-state index in [0.29, 0.717) is 37.4 Å². The number of nitrogens with zero attached hydrogens (tertiary/aromatic N) is 1. The van der Waals surface area contributed by atoms with Gasteiger partial charge in [-0.1, -0.05) is 0 Å². The number of anilines is 1. The zero-order valence-corrected chi connectivity index (χ0v) is 16.0. The van der Waals surface area contributed by atoms with Crippen molar-refractivity contribution in [3.05, 3.63) is 29.3 Å². The quantitative estimate of drug-likeness (QED) is 0.570. The zero-order chi connectivity index (χ0) is 19.8. The fourth-order valence-electron chi connectivity index (χ4n) is 3.19. The molecular weight excluding hydrogens is 346 g/mol. The molecule has 1 aromatic rings. The van der Waals surface area contributed by atoms with E-state index in [-0.39, 0.29) is 23.8 Å². The largest absolute Gasteiger partial charge is 0.369 e. The molecule has 1 atom stereocenters. The Balaban J connectivity index is 1.78. The van der Waals surface area contributed by atoms with Gasteiger partial charge < -0.3 is 26.6 Å². The van der Waals surface area contributed by atoms with E-state index in [4.69, 9.17) is 5.73 Å². The Morgan fingerprint density at radius 3 is 2.70 bits per heavy atom. The Labute approximate surface area is 159 Å². The topological polar surface area (TPSA) is 117 Å². The molecule has 0 unspecified atom stereocenters. The Kier molecular flexibility index (Phi) is 7.60. The molecule has 1 aliphatic heterocycles. The van der Waals surface area contributed by atoms with Crippen LogP contribution >= 0.6 is 0 Å². The van der Waals surface area contributed by atoms with Gasteiger partial charge in [-0.15, -0.1) is 0 Å². The molecule has 27 heavy (non-hydrogen) atoms. The van der Waals surface area contributed by atoms with Crippen LogP contribution in [-0.2, 0) is 4.79 Å². The van der Waals surface area contributed by atoms with Gasteiger partial charge in [0.2, 0.25) is 5.91 Å². The smallest absolute Gasteiger partial charge is 0.319 e. The van der Waals surface area contributed by atoms with Crippen LogP contribution < -0.4 is 21.7 Å². The number of likely N-dealkylation sites (tertiary alicyclic amines) is 1. The summed E-state index contributed by atoms with van der Waals surface area (Å²) in [5.41, 5.74) is 7.42. The normalized spacial score (nSPS) is 17.2. The van der Waals surface area contributed by atoms with Gasteiger partial charge in [-0.2, -0.15) is 0 Å². The lowest BCUT2D eigenvalue weighted by molar-refractivity contribution is -0.123. The number of primary amides is 1. The molecular formula is C19H29N5O3. The minimum atomic E-state index is -0.299. The van der Waals surface area contributed by atoms with Crippen LogP contribution in [0.5, 0.6) is 0 Å². The number of carbonyl (C=O) groups is 3. The highest BCUT2D eigenvalue weighted by atomic mass is 16.2. The van der Waals surface area contributed by atoms with Crippen LogP contribution in [0.3, 0.4) is 0 Å². The number of hydrogen-bond donors (Lipinski definition) is 4. The first-order valence-corrected chi connectivity index (χ1v) is 9.36. The highest BCUT2D eigenvalue weighted by Crippen LogP contribution is 2.17. The maximum Gasteiger partial charge on any atom is 0.319 e. The number of nitrogens with one attached hydrogen (secondary N) is 3. The monoisotopic (exact) mass is 375 g/mol. The first-order valence-electron chi connectivity index (χ1n) is 9.36. The van der Waals surface area contributed by atoms with Crippen LogP contribution in [-0.4, -0.2) is 55.5 Å². The number of benzene rings is 1. The SMILES string of the molecule is CCNC(=O)c1ccc(NC(=O)NCCN2CCC[C@@H](C(N)=O)C2)c(C)c1. The molecule has 2 rings (SSSR count). The molecule has 4 amide bonds. The van der Waals surface area contributed by atoms with Crippen LogP contribution in [0.2, 0.25) is 0 Å². The van der Waals surface area contributed by atoms with Crippen molar-refractivity contribution >= 4 is 23.5 Å². The fourth-order valence-corrected chi connectivity index (χ4v) is 3.19. The van der Waals surface area contributed by atoms with Crippen LogP contribution in [0, 0.1) is 12.8 Å². The molecule has 1 aromatic carbocycles. The van der Waals surface area contributed by atoms with Gasteiger partial charge >= 0.3 is 6.03 Å². The minimum absolute atomic E-state index is 0.0985. The van der Waals surface area contributed by atoms with Crippen LogP contribution in [0.15, 0.2) is 18.2 Å². The van der Waals surface area contributed by atoms with Gasteiger partial charge in [0, 0.05) is 37.4 Å². The lowest BCUT2D eigenvalue weighted by Crippen LogP contribution is -2.44. The van der Waals surface area contributed by atoms with E-state index >= 15 is 0 Å². The van der Waals surface area contributed by atoms with E-state index in [9.17, 15) is 14.4 Å². The van der Waals surface area contributed by atoms with Gasteiger partial charge in [-0.05, 0) is 57.0 Å². The summed E-state index contributed by atoms with van der Waals surface area (Å²) in [6.45, 7) is 6.99. The van der Waals surface area contributed by atoms with E-state index in [1.807, 2.05) is 13.8 Å². The third kappa shape index (κ3) is 6.25. The van der Waals surface area contributed by atoms with Crippen molar-refractivity contribution in [3.8, 4) is 0 Å². The van der Waals surface area contributed by atoms with Gasteiger partial charge in [0.1, 0.15) is 0 Å². The summed E-state index contributed by atoms with van der Waals surface area (Å²) in [7, 11) is 0. The molecule has 0 aromatic heterocycles. The van der Waals surface area contributed by atoms with Gasteiger partial charge in [0.05, 0.1) is 5.92 Å². The van der Waals surface area contributed by atoms with Crippen molar-refractivity contribution in [2.45, 2.75) is 26.7 Å². The van der Waals surface area contributed by atoms with Crippen molar-refractivity contribution in [2.24, 2.45) is 11.7 Å². The van der Waals surface area contributed by atoms with Crippen LogP contribution in [0.4, 0.5) is 10.5 Å². The molecule has 8 heteroatoms. The van der Waals surface area contributed by atoms with Crippen molar-refractivity contribution in [3.63, 3.8) is 0 Å². The lowest BCUT2D eigenvalue weighted by atomic mass is 9.97. The number of aryl methyl sites for hydroxylation is 1. The van der Waals surface area contributed by atoms with E-state index in [0.717, 1.165) is 24.9 Å². The molecule has 1 aliphatic rings. The predicted octanol–water partition coefficient (Wildman–Crippen LogP) is 1.06. The number of amides is 4. The third-order valence-electron chi connectivity index (χ3n) is 4.70. The van der Waals surface area contributed by atoms with Crippen molar-refractivity contribution < 1.29 is 14.4 Å². The Morgan fingerprint density at radius 2 is 2.04 bits per heavy atom. The molecule has 0 bridgehead atoms. The highest BCUT2D eigenvalue weighted by Gasteiger charge is 2.23. The Morgan fingerprint density at radius 1 is 1.26 bits per heavy atom. The van der Waals surface area contributed by atoms with Gasteiger partial charge in [0.25, 0.3) is 5.91 Å². The minimum Gasteiger partial charge on any atom is -0.369 e. The summed E-state index contributed by atoms with van der Waals surface area (Å²) in [6.07, 6.45) is 1.78. The van der Waals surface area contributed by atoms with Gasteiger partial charge in [0.15, 0.2) is 0 Å². The maximum absolute atomic E-state index is 12.1. The second kappa shape index (κ2) is 9.91. The number of piperidine rings is 1. The third-order valence-corrected chi connectivity index (χ3v) is 4.70. The van der Waals surface area contributed by atoms with Crippen LogP contribution in [0.25, 0.3) is 0 Å². The zero-order valence-electron chi connectivity index (χ0n) is 16.0. The van der Waals surface area contributed by atoms with E-state index in [1.165, 1.54) is 0 Å². The van der Waals surface area contributed by atoms with Gasteiger partial charge in [-0.25, -0.2) is 4.79 Å². The van der Waals surface area contributed by atoms with E-state index < -0.39 is 0 Å². The average Bonchev–Trinajstić information content (AvgIpc) is 2.64. The van der Waals surface area contributed by atoms with Crippen molar-refractivity contribution in [1.29, 1.82) is 0 Å². The first-order chi connectivity index (χ1) is 12.9. The molecule has 148 valence electrons. The second-order valence-corrected chi connectivity index (χ2v) is 6.81. The van der Waals surface area contributed by atoms with Crippen molar-refractivity contribution in [2.75, 3.05) is 38.0 Å². The molecule has 5 N–H and O–H groups in total. The van der Waals surface area contributed by atoms with E-state index in [1.54, 1.807) is 18.2 Å². The summed E-state index contributed by atoms with van der Waals surface area (Å²) in [4.78, 5) is 37.4. The average molecular weight is 375 g/mol. The van der Waals surface area contributed by atoms with E-state index in [2.05, 4.69) is 20.9 Å². The second-order valence-electron chi connectivity index (χ2n) is 6.81. The Hall–Kier alpha value is -2.61. The predicted molar refractivity (Wildman–Crippen MR) is 105 cm³/mol. The molecule has 0 radical (unpaired) electrons. The Bertz CT molecular complexity index is 692. The summed E-state index contributed by atoms with van der Waals surface area (Å²) >= 11 is 0. The van der Waals surface area contributed by atoms with Crippen LogP contribution in [0.1, 0.15) is 35.7 Å². The van der Waals surface area contributed by atoms with Gasteiger partial charge in [-0.3, -0.25) is 9.59 Å². The number of hydrogen-bond acceptors (Lipinski definition) is 4. The summed E-state index contributed by atoms with van der Waals surface area (Å²) in [6, 6.07) is 4.86. The van der Waals surface area contributed by atoms with Crippen molar-refractivity contribution in [1.82, 2.24) is 15.5 Å². The standard InChI is InChI=1S/C19H29N5O3/c1-3-21-18(26)14-6-7-16(13(2)11-14)23-19(27)22-8-10-24-9-4-5-15(12-24)17(20)25/h6-7,11,15H,3-5,8-10,12H2,1-2H3,(H2,20,25)(H,21,26)(H2,22,23,27)/t15-/m1/s1. The fraction of sp³-hybridized carbons (Fsp3) is 0.526.